The first-order valence-electron chi connectivity index (χ1n) is 18.8. The Morgan fingerprint density at radius 2 is 1.16 bits per heavy atom. The number of ether oxygens (including phenoxy) is 1. The van der Waals surface area contributed by atoms with Crippen LogP contribution in [0, 0.1) is 10.8 Å². The zero-order valence-electron chi connectivity index (χ0n) is 34.6. The Labute approximate surface area is 397 Å². The molecule has 16 heteroatoms. The monoisotopic (exact) mass is 843 g/mol. The van der Waals surface area contributed by atoms with E-state index in [0.717, 1.165) is 11.1 Å². The molecule has 61 heavy (non-hydrogen) atoms. The van der Waals surface area contributed by atoms with Crippen LogP contribution in [0.25, 0.3) is 11.1 Å². The smallest absolute Gasteiger partial charge is 0.870 e. The summed E-state index contributed by atoms with van der Waals surface area (Å²) in [6.45, 7) is 7.37. The van der Waals surface area contributed by atoms with Gasteiger partial charge in [-0.2, -0.15) is 0 Å². The number of rotatable bonds is 9. The third-order valence-electron chi connectivity index (χ3n) is 11.3. The minimum atomic E-state index is -1.27. The van der Waals surface area contributed by atoms with E-state index in [-0.39, 0.29) is 87.0 Å². The maximum atomic E-state index is 13.7. The number of aromatic nitrogens is 2. The van der Waals surface area contributed by atoms with Crippen molar-refractivity contribution in [3.63, 3.8) is 0 Å². The Hall–Kier alpha value is -4.80. The Balaban J connectivity index is 0.000000284. The van der Waals surface area contributed by atoms with E-state index in [1.807, 2.05) is 74.5 Å². The minimum absolute atomic E-state index is 0. The molecule has 2 N–H and O–H groups in total. The van der Waals surface area contributed by atoms with Gasteiger partial charge in [-0.05, 0) is 58.7 Å². The van der Waals surface area contributed by atoms with Gasteiger partial charge in [0.25, 0.3) is 5.91 Å². The Morgan fingerprint density at radius 1 is 0.721 bits per heavy atom. The van der Waals surface area contributed by atoms with Gasteiger partial charge in [0.1, 0.15) is 6.04 Å². The number of hydrogen-bond donors (Lipinski definition) is 1. The van der Waals surface area contributed by atoms with Crippen molar-refractivity contribution in [1.82, 2.24) is 19.8 Å². The molecule has 4 atom stereocenters. The molecule has 4 fully saturated rings. The third-order valence-corrected chi connectivity index (χ3v) is 11.3. The summed E-state index contributed by atoms with van der Waals surface area (Å²) in [7, 11) is 0. The molecule has 6 heterocycles. The van der Waals surface area contributed by atoms with Crippen molar-refractivity contribution >= 4 is 47.2 Å². The number of benzene rings is 2. The quantitative estimate of drug-likeness (QED) is 0.0625. The largest absolute Gasteiger partial charge is 1.00 e. The molecule has 4 aliphatic heterocycles. The predicted octanol–water partition coefficient (Wildman–Crippen LogP) is -2.20. The van der Waals surface area contributed by atoms with Crippen LogP contribution in [0.15, 0.2) is 121 Å². The van der Waals surface area contributed by atoms with Gasteiger partial charge in [-0.15, -0.1) is 5.57 Å². The van der Waals surface area contributed by atoms with Gasteiger partial charge in [0.05, 0.1) is 41.2 Å². The minimum Gasteiger partial charge on any atom is -0.870 e. The molecule has 2 unspecified atom stereocenters. The molecule has 4 saturated heterocycles. The van der Waals surface area contributed by atoms with Crippen molar-refractivity contribution in [3.8, 4) is 0 Å². The van der Waals surface area contributed by atoms with E-state index in [0.29, 0.717) is 24.1 Å². The second kappa shape index (κ2) is 19.5. The van der Waals surface area contributed by atoms with E-state index in [9.17, 15) is 39.0 Å². The summed E-state index contributed by atoms with van der Waals surface area (Å²) in [5.41, 5.74) is 1.49. The number of aliphatic carboxylic acids is 2. The summed E-state index contributed by atoms with van der Waals surface area (Å²) >= 11 is 0. The van der Waals surface area contributed by atoms with Crippen LogP contribution in [0.4, 0.5) is 0 Å². The van der Waals surface area contributed by atoms with Gasteiger partial charge in [0.2, 0.25) is 0 Å². The van der Waals surface area contributed by atoms with Crippen LogP contribution in [0.2, 0.25) is 0 Å². The zero-order valence-corrected chi connectivity index (χ0v) is 38.6. The van der Waals surface area contributed by atoms with Crippen molar-refractivity contribution in [3.05, 3.63) is 143 Å². The van der Waals surface area contributed by atoms with Gasteiger partial charge >= 0.3 is 71.1 Å². The number of nitrogens with zero attached hydrogens (tertiary/aromatic N) is 4. The molecule has 8 rings (SSSR count). The van der Waals surface area contributed by atoms with Gasteiger partial charge in [-0.1, -0.05) is 112 Å². The van der Waals surface area contributed by atoms with Crippen LogP contribution in [-0.4, -0.2) is 90.5 Å². The number of β-lactam (4-membered cyclic amide) rings is 2. The number of carboxylic acids is 2. The van der Waals surface area contributed by atoms with Crippen LogP contribution < -0.4 is 64.2 Å². The zero-order chi connectivity index (χ0) is 41.5. The molecular weight excluding hydrogens is 802 g/mol. The number of amides is 2. The third kappa shape index (κ3) is 9.08. The Kier molecular flexibility index (Phi) is 15.6. The maximum Gasteiger partial charge on any atom is 1.00 e. The maximum absolute atomic E-state index is 13.7. The summed E-state index contributed by atoms with van der Waals surface area (Å²) in [4.78, 5) is 85.3. The second-order valence-corrected chi connectivity index (χ2v) is 16.0. The van der Waals surface area contributed by atoms with E-state index >= 15 is 0 Å². The summed E-state index contributed by atoms with van der Waals surface area (Å²) in [5.74, 6) is -3.91. The molecule has 4 aromatic rings. The second-order valence-electron chi connectivity index (χ2n) is 16.0. The van der Waals surface area contributed by atoms with E-state index in [1.165, 1.54) is 22.2 Å². The van der Waals surface area contributed by atoms with Crippen LogP contribution in [-0.2, 0) is 33.5 Å². The number of esters is 1. The van der Waals surface area contributed by atoms with E-state index in [2.05, 4.69) is 9.97 Å². The summed E-state index contributed by atoms with van der Waals surface area (Å²) in [5, 5.41) is 21.3. The molecule has 2 amide bonds. The molecular formula is C45H41N4Na2O10-. The average molecular weight is 844 g/mol. The topological polar surface area (TPSA) is 217 Å². The van der Waals surface area contributed by atoms with Crippen LogP contribution in [0.3, 0.4) is 0 Å². The number of allylic oxidation sites excluding steroid dienone is 1. The molecule has 0 radical (unpaired) electrons. The first-order chi connectivity index (χ1) is 27.7. The molecule has 14 nitrogen and oxygen atoms in total. The van der Waals surface area contributed by atoms with Crippen LogP contribution in [0.1, 0.15) is 69.2 Å². The SMILES string of the molecule is CC1(C)CC2/C(=C(/C(=O)O)c3ccccn3)C(=O)N2[C@H]1C(=O)OC(c1ccccc1)c1ccccc1.CC1(C)CC2/C(=C(/[C-]=O)c3ccccn3)C(=O)N2[C@H]1C(=O)[O-].[Na+].[Na+].[OH-]. The van der Waals surface area contributed by atoms with Crippen molar-refractivity contribution in [2.24, 2.45) is 10.8 Å². The summed E-state index contributed by atoms with van der Waals surface area (Å²) in [6, 6.07) is 26.2. The Bertz CT molecular complexity index is 2320. The number of pyridine rings is 2. The van der Waals surface area contributed by atoms with Gasteiger partial charge < -0.3 is 44.8 Å². The van der Waals surface area contributed by atoms with E-state index in [4.69, 9.17) is 4.74 Å². The summed E-state index contributed by atoms with van der Waals surface area (Å²) in [6.07, 6.45) is 5.08. The molecule has 4 aliphatic rings. The number of carboxylic acid groups (broad SMARTS) is 2. The average Bonchev–Trinajstić information content (AvgIpc) is 3.62. The molecule has 0 spiro atoms. The summed E-state index contributed by atoms with van der Waals surface area (Å²) < 4.78 is 6.09. The van der Waals surface area contributed by atoms with Gasteiger partial charge in [-0.3, -0.25) is 14.6 Å². The predicted molar refractivity (Wildman–Crippen MR) is 209 cm³/mol. The Morgan fingerprint density at radius 3 is 1.62 bits per heavy atom. The van der Waals surface area contributed by atoms with Gasteiger partial charge in [-0.25, -0.2) is 9.59 Å². The number of carbonyl (C=O) groups is 5. The van der Waals surface area contributed by atoms with Gasteiger partial charge in [0, 0.05) is 18.4 Å². The normalized spacial score (nSPS) is 22.8. The number of fused-ring (bicyclic) bond motifs is 2. The molecule has 0 bridgehead atoms. The van der Waals surface area contributed by atoms with Crippen molar-refractivity contribution < 1.29 is 108 Å². The van der Waals surface area contributed by atoms with Crippen molar-refractivity contribution in [2.45, 2.75) is 70.8 Å². The van der Waals surface area contributed by atoms with E-state index in [1.54, 1.807) is 56.5 Å². The standard InChI is InChI=1S/C29H26N2O5.C16H15N2O4.2Na.H2O/c1-29(2)17-21-23(22(27(33)34)20-15-9-10-16-30-20)26(32)31(21)25(29)28(35)36-24(18-11-5-3-6-12-18)19-13-7-4-8-14-19;1-16(2)7-11-12(14(20)18(11)13(16)15(21)22)9(8-19)10-5-3-4-6-17-10;;;/h3-16,21,24-25H,17H2,1-2H3,(H,33,34);3-6,11,13H,7H2,1-2H3,(H,21,22);;;1H2/q;-1;2*+1;/p-2/b23-22-;12-9+;;;/t21?,25-;11?,13-;;;/m00.../s1. The first-order valence-corrected chi connectivity index (χ1v) is 18.8. The fraction of sp³-hybridized carbons (Fsp3) is 0.289. The molecule has 2 aromatic heterocycles. The van der Waals surface area contributed by atoms with Gasteiger partial charge in [0.15, 0.2) is 12.0 Å². The first kappa shape index (κ1) is 48.9. The van der Waals surface area contributed by atoms with Crippen LogP contribution >= 0.6 is 0 Å². The fourth-order valence-corrected chi connectivity index (χ4v) is 8.77. The molecule has 304 valence electrons. The number of carbonyl (C=O) groups excluding carboxylic acids is 5. The van der Waals surface area contributed by atoms with Crippen molar-refractivity contribution in [1.29, 1.82) is 0 Å². The molecule has 2 aromatic carbocycles. The molecule has 0 saturated carbocycles. The number of hydrogen-bond acceptors (Lipinski definition) is 11. The van der Waals surface area contributed by atoms with Crippen LogP contribution in [0.5, 0.6) is 0 Å². The van der Waals surface area contributed by atoms with E-state index < -0.39 is 70.8 Å². The molecule has 0 aliphatic carbocycles. The van der Waals surface area contributed by atoms with Crippen molar-refractivity contribution in [2.75, 3.05) is 0 Å². The fourth-order valence-electron chi connectivity index (χ4n) is 8.77.